The molecule has 7 nitrogen and oxygen atoms in total. The Kier molecular flexibility index (Phi) is 5.84. The quantitative estimate of drug-likeness (QED) is 0.671. The van der Waals surface area contributed by atoms with Gasteiger partial charge in [0.05, 0.1) is 36.7 Å². The van der Waals surface area contributed by atoms with Gasteiger partial charge in [-0.25, -0.2) is 4.98 Å². The summed E-state index contributed by atoms with van der Waals surface area (Å²) in [4.78, 5) is 15.7. The van der Waals surface area contributed by atoms with Crippen LogP contribution in [-0.2, 0) is 4.74 Å². The van der Waals surface area contributed by atoms with E-state index in [0.717, 1.165) is 80.1 Å². The minimum Gasteiger partial charge on any atom is -0.488 e. The monoisotopic (exact) mass is 419 g/mol. The van der Waals surface area contributed by atoms with Crippen molar-refractivity contribution in [3.63, 3.8) is 0 Å². The largest absolute Gasteiger partial charge is 0.488 e. The van der Waals surface area contributed by atoms with Crippen molar-refractivity contribution in [2.75, 3.05) is 36.5 Å². The molecule has 1 saturated carbocycles. The van der Waals surface area contributed by atoms with E-state index in [1.807, 2.05) is 18.5 Å². The van der Waals surface area contributed by atoms with Gasteiger partial charge < -0.3 is 19.7 Å². The lowest BCUT2D eigenvalue weighted by molar-refractivity contribution is 0.122. The van der Waals surface area contributed by atoms with Crippen LogP contribution >= 0.6 is 0 Å². The Morgan fingerprint density at radius 3 is 2.65 bits per heavy atom. The van der Waals surface area contributed by atoms with Gasteiger partial charge in [-0.3, -0.25) is 9.97 Å². The van der Waals surface area contributed by atoms with Gasteiger partial charge in [0.1, 0.15) is 11.3 Å². The van der Waals surface area contributed by atoms with Crippen molar-refractivity contribution in [1.29, 1.82) is 0 Å². The average Bonchev–Trinajstić information content (AvgIpc) is 2.82. The first-order valence-electron chi connectivity index (χ1n) is 11.2. The maximum atomic E-state index is 6.52. The summed E-state index contributed by atoms with van der Waals surface area (Å²) in [6.45, 7) is 5.39. The molecule has 2 aromatic heterocycles. The number of fused-ring (bicyclic) bond motifs is 1. The van der Waals surface area contributed by atoms with Crippen molar-refractivity contribution in [2.45, 2.75) is 44.8 Å². The third-order valence-corrected chi connectivity index (χ3v) is 6.27. The van der Waals surface area contributed by atoms with E-state index < -0.39 is 0 Å². The van der Waals surface area contributed by atoms with E-state index in [4.69, 9.17) is 9.47 Å². The number of ether oxygens (including phenoxy) is 2. The van der Waals surface area contributed by atoms with Crippen LogP contribution in [0.3, 0.4) is 0 Å². The number of aromatic nitrogens is 3. The number of hydrogen-bond donors (Lipinski definition) is 1. The van der Waals surface area contributed by atoms with Gasteiger partial charge in [-0.1, -0.05) is 0 Å². The molecule has 1 aliphatic carbocycles. The highest BCUT2D eigenvalue weighted by molar-refractivity contribution is 5.85. The number of aryl methyl sites for hydroxylation is 1. The first-order valence-corrected chi connectivity index (χ1v) is 11.2. The zero-order valence-electron chi connectivity index (χ0n) is 18.0. The lowest BCUT2D eigenvalue weighted by Gasteiger charge is -2.32. The second-order valence-corrected chi connectivity index (χ2v) is 8.39. The van der Waals surface area contributed by atoms with Crippen molar-refractivity contribution < 1.29 is 9.47 Å². The number of morpholine rings is 1. The molecule has 0 unspecified atom stereocenters. The summed E-state index contributed by atoms with van der Waals surface area (Å²) in [6.07, 6.45) is 11.6. The maximum absolute atomic E-state index is 6.52. The number of hydrogen-bond acceptors (Lipinski definition) is 7. The van der Waals surface area contributed by atoms with Crippen LogP contribution in [0, 0.1) is 6.92 Å². The van der Waals surface area contributed by atoms with Crippen molar-refractivity contribution in [3.05, 3.63) is 48.5 Å². The second kappa shape index (κ2) is 9.06. The predicted molar refractivity (Wildman–Crippen MR) is 122 cm³/mol. The van der Waals surface area contributed by atoms with E-state index in [-0.39, 0.29) is 6.10 Å². The van der Waals surface area contributed by atoms with Crippen LogP contribution in [0.2, 0.25) is 0 Å². The molecule has 7 heteroatoms. The SMILES string of the molecule is Cc1ccncc1NC1CCC(Oc2cc(N3CCOCC3)cc3nccnc23)CC1. The van der Waals surface area contributed by atoms with Crippen LogP contribution in [0.1, 0.15) is 31.2 Å². The van der Waals surface area contributed by atoms with Crippen LogP contribution in [-0.4, -0.2) is 53.4 Å². The highest BCUT2D eigenvalue weighted by Crippen LogP contribution is 2.33. The van der Waals surface area contributed by atoms with E-state index in [0.29, 0.717) is 6.04 Å². The lowest BCUT2D eigenvalue weighted by Crippen LogP contribution is -2.36. The molecular weight excluding hydrogens is 390 g/mol. The first kappa shape index (κ1) is 20.0. The molecule has 0 bridgehead atoms. The number of rotatable bonds is 5. The zero-order chi connectivity index (χ0) is 21.0. The summed E-state index contributed by atoms with van der Waals surface area (Å²) in [6, 6.07) is 6.74. The molecule has 0 radical (unpaired) electrons. The predicted octanol–water partition coefficient (Wildman–Crippen LogP) is 3.97. The third-order valence-electron chi connectivity index (χ3n) is 6.27. The average molecular weight is 420 g/mol. The fourth-order valence-electron chi connectivity index (χ4n) is 4.46. The Morgan fingerprint density at radius 1 is 1.03 bits per heavy atom. The molecule has 2 fully saturated rings. The van der Waals surface area contributed by atoms with E-state index in [1.54, 1.807) is 12.4 Å². The molecule has 3 aromatic rings. The highest BCUT2D eigenvalue weighted by atomic mass is 16.5. The molecule has 0 amide bonds. The summed E-state index contributed by atoms with van der Waals surface area (Å²) >= 11 is 0. The summed E-state index contributed by atoms with van der Waals surface area (Å²) < 4.78 is 12.0. The Hall–Kier alpha value is -2.93. The molecule has 31 heavy (non-hydrogen) atoms. The summed E-state index contributed by atoms with van der Waals surface area (Å²) in [5, 5.41) is 3.66. The molecule has 5 rings (SSSR count). The van der Waals surface area contributed by atoms with Gasteiger partial charge in [-0.05, 0) is 50.3 Å². The van der Waals surface area contributed by atoms with Crippen molar-refractivity contribution in [2.24, 2.45) is 0 Å². The van der Waals surface area contributed by atoms with Crippen LogP contribution in [0.5, 0.6) is 5.75 Å². The number of nitrogens with zero attached hydrogens (tertiary/aromatic N) is 4. The molecule has 1 N–H and O–H groups in total. The summed E-state index contributed by atoms with van der Waals surface area (Å²) in [5.41, 5.74) is 5.22. The molecular formula is C24H29N5O2. The lowest BCUT2D eigenvalue weighted by atomic mass is 9.92. The van der Waals surface area contributed by atoms with Crippen LogP contribution in [0.25, 0.3) is 11.0 Å². The van der Waals surface area contributed by atoms with Gasteiger partial charge in [0.2, 0.25) is 0 Å². The first-order chi connectivity index (χ1) is 15.3. The smallest absolute Gasteiger partial charge is 0.149 e. The molecule has 1 aliphatic heterocycles. The van der Waals surface area contributed by atoms with Gasteiger partial charge in [-0.15, -0.1) is 0 Å². The molecule has 3 heterocycles. The van der Waals surface area contributed by atoms with Gasteiger partial charge in [0, 0.05) is 49.5 Å². The van der Waals surface area contributed by atoms with Crippen LogP contribution in [0.15, 0.2) is 43.0 Å². The van der Waals surface area contributed by atoms with Crippen LogP contribution < -0.4 is 15.0 Å². The minimum atomic E-state index is 0.193. The normalized spacial score (nSPS) is 21.8. The number of benzene rings is 1. The van der Waals surface area contributed by atoms with Crippen molar-refractivity contribution >= 4 is 22.4 Å². The number of anilines is 2. The van der Waals surface area contributed by atoms with Gasteiger partial charge >= 0.3 is 0 Å². The molecule has 1 saturated heterocycles. The summed E-state index contributed by atoms with van der Waals surface area (Å²) in [7, 11) is 0. The second-order valence-electron chi connectivity index (χ2n) is 8.39. The third kappa shape index (κ3) is 4.56. The Bertz CT molecular complexity index is 1030. The zero-order valence-corrected chi connectivity index (χ0v) is 18.0. The fraction of sp³-hybridized carbons (Fsp3) is 0.458. The highest BCUT2D eigenvalue weighted by Gasteiger charge is 2.24. The molecule has 0 atom stereocenters. The van der Waals surface area contributed by atoms with E-state index >= 15 is 0 Å². The van der Waals surface area contributed by atoms with E-state index in [9.17, 15) is 0 Å². The summed E-state index contributed by atoms with van der Waals surface area (Å²) in [5.74, 6) is 0.839. The van der Waals surface area contributed by atoms with Gasteiger partial charge in [0.25, 0.3) is 0 Å². The van der Waals surface area contributed by atoms with Crippen molar-refractivity contribution in [1.82, 2.24) is 15.0 Å². The number of pyridine rings is 1. The van der Waals surface area contributed by atoms with Gasteiger partial charge in [-0.2, -0.15) is 0 Å². The van der Waals surface area contributed by atoms with Crippen molar-refractivity contribution in [3.8, 4) is 5.75 Å². The Labute approximate surface area is 182 Å². The molecule has 162 valence electrons. The maximum Gasteiger partial charge on any atom is 0.149 e. The van der Waals surface area contributed by atoms with E-state index in [1.165, 1.54) is 5.56 Å². The van der Waals surface area contributed by atoms with E-state index in [2.05, 4.69) is 44.2 Å². The minimum absolute atomic E-state index is 0.193. The number of nitrogens with one attached hydrogen (secondary N) is 1. The molecule has 2 aliphatic rings. The Balaban J connectivity index is 1.28. The molecule has 1 aromatic carbocycles. The topological polar surface area (TPSA) is 72.4 Å². The van der Waals surface area contributed by atoms with Gasteiger partial charge in [0.15, 0.2) is 0 Å². The fourth-order valence-corrected chi connectivity index (χ4v) is 4.46. The van der Waals surface area contributed by atoms with Crippen LogP contribution in [0.4, 0.5) is 11.4 Å². The standard InChI is InChI=1S/C24H29N5O2/c1-17-6-7-25-16-22(17)28-18-2-4-20(5-3-18)31-23-15-19(29-10-12-30-13-11-29)14-21-24(23)27-9-8-26-21/h6-9,14-16,18,20,28H,2-5,10-13H2,1H3. The molecule has 0 spiro atoms. The Morgan fingerprint density at radius 2 is 1.84 bits per heavy atom.